The monoisotopic (exact) mass is 314 g/mol. The molecule has 2 fully saturated rings. The van der Waals surface area contributed by atoms with E-state index >= 15 is 0 Å². The average molecular weight is 314 g/mol. The van der Waals surface area contributed by atoms with Gasteiger partial charge in [0.15, 0.2) is 9.84 Å². The maximum Gasteiger partial charge on any atom is 0.391 e. The zero-order chi connectivity index (χ0) is 14.8. The number of piperidine rings is 1. The van der Waals surface area contributed by atoms with E-state index in [1.807, 2.05) is 4.90 Å². The van der Waals surface area contributed by atoms with Crippen LogP contribution in [0.15, 0.2) is 0 Å². The van der Waals surface area contributed by atoms with Crippen LogP contribution in [0.3, 0.4) is 0 Å². The van der Waals surface area contributed by atoms with Crippen molar-refractivity contribution in [3.63, 3.8) is 0 Å². The lowest BCUT2D eigenvalue weighted by molar-refractivity contribution is -0.184. The topological polar surface area (TPSA) is 49.4 Å². The zero-order valence-corrected chi connectivity index (χ0v) is 12.1. The number of nitrogens with one attached hydrogen (secondary N) is 1. The molecule has 0 aromatic carbocycles. The van der Waals surface area contributed by atoms with Crippen LogP contribution >= 0.6 is 0 Å². The van der Waals surface area contributed by atoms with E-state index in [1.165, 1.54) is 0 Å². The number of likely N-dealkylation sites (tertiary alicyclic amines) is 1. The first-order chi connectivity index (χ1) is 9.26. The van der Waals surface area contributed by atoms with Crippen LogP contribution in [0.2, 0.25) is 0 Å². The van der Waals surface area contributed by atoms with E-state index in [9.17, 15) is 21.6 Å². The summed E-state index contributed by atoms with van der Waals surface area (Å²) in [4.78, 5) is 2.01. The fraction of sp³-hybridized carbons (Fsp3) is 1.00. The van der Waals surface area contributed by atoms with Crippen molar-refractivity contribution in [2.45, 2.75) is 31.5 Å². The third-order valence-corrected chi connectivity index (χ3v) is 5.91. The van der Waals surface area contributed by atoms with Crippen molar-refractivity contribution in [3.05, 3.63) is 0 Å². The molecule has 0 aromatic rings. The summed E-state index contributed by atoms with van der Waals surface area (Å²) in [6.45, 7) is 2.25. The van der Waals surface area contributed by atoms with Gasteiger partial charge in [-0.15, -0.1) is 0 Å². The molecular weight excluding hydrogens is 293 g/mol. The van der Waals surface area contributed by atoms with Gasteiger partial charge in [0.1, 0.15) is 0 Å². The summed E-state index contributed by atoms with van der Waals surface area (Å²) in [5, 5.41) is 3.18. The maximum absolute atomic E-state index is 12.5. The van der Waals surface area contributed by atoms with Crippen LogP contribution in [0.5, 0.6) is 0 Å². The first kappa shape index (κ1) is 16.0. The lowest BCUT2D eigenvalue weighted by Gasteiger charge is -2.33. The molecule has 0 aliphatic carbocycles. The Morgan fingerprint density at radius 3 is 2.30 bits per heavy atom. The molecule has 0 aromatic heterocycles. The summed E-state index contributed by atoms with van der Waals surface area (Å²) in [6, 6.07) is 0.00714. The van der Waals surface area contributed by atoms with Crippen LogP contribution in [0.4, 0.5) is 13.2 Å². The van der Waals surface area contributed by atoms with Crippen molar-refractivity contribution in [2.24, 2.45) is 5.92 Å². The van der Waals surface area contributed by atoms with Gasteiger partial charge in [0.05, 0.1) is 17.4 Å². The molecule has 4 nitrogen and oxygen atoms in total. The normalized spacial score (nSPS) is 28.9. The fourth-order valence-corrected chi connectivity index (χ4v) is 4.57. The predicted molar refractivity (Wildman–Crippen MR) is 70.3 cm³/mol. The Labute approximate surface area is 117 Å². The Kier molecular flexibility index (Phi) is 4.96. The number of hydrogen-bond donors (Lipinski definition) is 1. The molecule has 0 spiro atoms. The summed E-state index contributed by atoms with van der Waals surface area (Å²) < 4.78 is 60.1. The first-order valence-corrected chi connectivity index (χ1v) is 8.81. The molecule has 118 valence electrons. The number of alkyl halides is 3. The van der Waals surface area contributed by atoms with Gasteiger partial charge in [-0.2, -0.15) is 13.2 Å². The highest BCUT2D eigenvalue weighted by atomic mass is 32.2. The number of rotatable bonds is 4. The lowest BCUT2D eigenvalue weighted by Crippen LogP contribution is -2.43. The highest BCUT2D eigenvalue weighted by Gasteiger charge is 2.40. The van der Waals surface area contributed by atoms with Gasteiger partial charge in [0, 0.05) is 19.1 Å². The van der Waals surface area contributed by atoms with Gasteiger partial charge in [-0.3, -0.25) is 0 Å². The van der Waals surface area contributed by atoms with Crippen molar-refractivity contribution >= 4 is 9.84 Å². The molecule has 20 heavy (non-hydrogen) atoms. The van der Waals surface area contributed by atoms with Crippen molar-refractivity contribution in [1.82, 2.24) is 10.2 Å². The SMILES string of the molecule is O=S1(=O)CCC(NCCN2CCC(C(F)(F)F)CC2)C1. The summed E-state index contributed by atoms with van der Waals surface area (Å²) in [5.41, 5.74) is 0. The van der Waals surface area contributed by atoms with E-state index in [-0.39, 0.29) is 30.4 Å². The fourth-order valence-electron chi connectivity index (χ4n) is 2.87. The molecule has 8 heteroatoms. The Hall–Kier alpha value is -0.340. The Morgan fingerprint density at radius 2 is 1.80 bits per heavy atom. The minimum Gasteiger partial charge on any atom is -0.312 e. The molecule has 2 saturated heterocycles. The van der Waals surface area contributed by atoms with Gasteiger partial charge in [-0.1, -0.05) is 0 Å². The van der Waals surface area contributed by atoms with Gasteiger partial charge in [0.25, 0.3) is 0 Å². The minimum absolute atomic E-state index is 0.00714. The molecule has 1 N–H and O–H groups in total. The Morgan fingerprint density at radius 1 is 1.15 bits per heavy atom. The van der Waals surface area contributed by atoms with Gasteiger partial charge in [0.2, 0.25) is 0 Å². The second kappa shape index (κ2) is 6.19. The van der Waals surface area contributed by atoms with Crippen LogP contribution in [0.25, 0.3) is 0 Å². The van der Waals surface area contributed by atoms with E-state index in [0.29, 0.717) is 32.6 Å². The van der Waals surface area contributed by atoms with Crippen LogP contribution in [0.1, 0.15) is 19.3 Å². The first-order valence-electron chi connectivity index (χ1n) is 6.99. The summed E-state index contributed by atoms with van der Waals surface area (Å²) in [7, 11) is -2.88. The van der Waals surface area contributed by atoms with Crippen molar-refractivity contribution < 1.29 is 21.6 Å². The largest absolute Gasteiger partial charge is 0.391 e. The molecule has 1 atom stereocenters. The second-order valence-corrected chi connectivity index (χ2v) is 7.94. The van der Waals surface area contributed by atoms with Gasteiger partial charge >= 0.3 is 6.18 Å². The van der Waals surface area contributed by atoms with E-state index < -0.39 is 21.9 Å². The van der Waals surface area contributed by atoms with E-state index in [1.54, 1.807) is 0 Å². The average Bonchev–Trinajstić information content (AvgIpc) is 2.68. The lowest BCUT2D eigenvalue weighted by atomic mass is 9.96. The van der Waals surface area contributed by atoms with Gasteiger partial charge in [-0.25, -0.2) is 8.42 Å². The molecule has 0 radical (unpaired) electrons. The molecule has 0 bridgehead atoms. The number of sulfone groups is 1. The van der Waals surface area contributed by atoms with Crippen molar-refractivity contribution in [3.8, 4) is 0 Å². The van der Waals surface area contributed by atoms with Crippen molar-refractivity contribution in [2.75, 3.05) is 37.7 Å². The Balaban J connectivity index is 1.62. The Bertz CT molecular complexity index is 417. The summed E-state index contributed by atoms with van der Waals surface area (Å²) in [5.74, 6) is -0.739. The molecule has 2 heterocycles. The summed E-state index contributed by atoms with van der Waals surface area (Å²) >= 11 is 0. The predicted octanol–water partition coefficient (Wildman–Crippen LogP) is 1.04. The second-order valence-electron chi connectivity index (χ2n) is 5.71. The molecule has 2 rings (SSSR count). The zero-order valence-electron chi connectivity index (χ0n) is 11.3. The summed E-state index contributed by atoms with van der Waals surface area (Å²) in [6.07, 6.45) is -3.09. The van der Waals surface area contributed by atoms with E-state index in [4.69, 9.17) is 0 Å². The van der Waals surface area contributed by atoms with Crippen molar-refractivity contribution in [1.29, 1.82) is 0 Å². The number of halogens is 3. The number of nitrogens with zero attached hydrogens (tertiary/aromatic N) is 1. The third kappa shape index (κ3) is 4.60. The van der Waals surface area contributed by atoms with Gasteiger partial charge < -0.3 is 10.2 Å². The minimum atomic E-state index is -4.07. The molecule has 2 aliphatic rings. The highest BCUT2D eigenvalue weighted by Crippen LogP contribution is 2.33. The quantitative estimate of drug-likeness (QED) is 0.842. The molecule has 0 saturated carbocycles. The molecular formula is C12H21F3N2O2S. The molecule has 2 aliphatic heterocycles. The van der Waals surface area contributed by atoms with Crippen LogP contribution in [-0.4, -0.2) is 63.2 Å². The van der Waals surface area contributed by atoms with Crippen LogP contribution in [0, 0.1) is 5.92 Å². The van der Waals surface area contributed by atoms with Gasteiger partial charge in [-0.05, 0) is 32.4 Å². The van der Waals surface area contributed by atoms with Crippen LogP contribution in [-0.2, 0) is 9.84 Å². The maximum atomic E-state index is 12.5. The van der Waals surface area contributed by atoms with Crippen LogP contribution < -0.4 is 5.32 Å². The highest BCUT2D eigenvalue weighted by molar-refractivity contribution is 7.91. The number of hydrogen-bond acceptors (Lipinski definition) is 4. The third-order valence-electron chi connectivity index (χ3n) is 4.14. The smallest absolute Gasteiger partial charge is 0.312 e. The molecule has 1 unspecified atom stereocenters. The molecule has 0 amide bonds. The van der Waals surface area contributed by atoms with E-state index in [2.05, 4.69) is 5.32 Å². The standard InChI is InChI=1S/C12H21F3N2O2S/c13-12(14,15)10-1-5-17(6-2-10)7-4-16-11-3-8-20(18,19)9-11/h10-11,16H,1-9H2. The van der Waals surface area contributed by atoms with E-state index in [0.717, 1.165) is 0 Å².